The highest BCUT2D eigenvalue weighted by Gasteiger charge is 2.36. The van der Waals surface area contributed by atoms with Gasteiger partial charge in [0, 0.05) is 19.5 Å². The van der Waals surface area contributed by atoms with Gasteiger partial charge in [0.25, 0.3) is 0 Å². The number of nitrogens with two attached hydrogens (primary N) is 1. The minimum absolute atomic E-state index is 0.0460. The molecule has 1 aromatic carbocycles. The summed E-state index contributed by atoms with van der Waals surface area (Å²) in [6.07, 6.45) is 8.47. The molecule has 1 saturated heterocycles. The molecule has 4 heteroatoms. The molecule has 3 nitrogen and oxygen atoms in total. The van der Waals surface area contributed by atoms with Crippen molar-refractivity contribution < 1.29 is 9.18 Å². The number of benzene rings is 1. The number of carbonyl (C=O) groups is 1. The Morgan fingerprint density at radius 2 is 1.92 bits per heavy atom. The summed E-state index contributed by atoms with van der Waals surface area (Å²) in [5.74, 6) is 0.574. The number of halogens is 1. The van der Waals surface area contributed by atoms with Gasteiger partial charge in [-0.25, -0.2) is 4.39 Å². The van der Waals surface area contributed by atoms with Crippen LogP contribution in [0, 0.1) is 17.2 Å². The largest absolute Gasteiger partial charge is 0.342 e. The topological polar surface area (TPSA) is 46.3 Å². The molecule has 0 bridgehead atoms. The van der Waals surface area contributed by atoms with Crippen LogP contribution in [0.5, 0.6) is 0 Å². The molecule has 1 aliphatic heterocycles. The molecule has 1 aromatic rings. The van der Waals surface area contributed by atoms with E-state index in [0.717, 1.165) is 44.3 Å². The summed E-state index contributed by atoms with van der Waals surface area (Å²) >= 11 is 0. The second kappa shape index (κ2) is 7.64. The highest BCUT2D eigenvalue weighted by molar-refractivity contribution is 5.77. The zero-order valence-electron chi connectivity index (χ0n) is 14.5. The maximum absolute atomic E-state index is 13.0. The van der Waals surface area contributed by atoms with E-state index in [0.29, 0.717) is 18.9 Å². The number of rotatable bonds is 5. The van der Waals surface area contributed by atoms with Crippen molar-refractivity contribution in [3.05, 3.63) is 35.6 Å². The average molecular weight is 332 g/mol. The van der Waals surface area contributed by atoms with Gasteiger partial charge in [-0.1, -0.05) is 31.4 Å². The molecule has 24 heavy (non-hydrogen) atoms. The van der Waals surface area contributed by atoms with E-state index in [4.69, 9.17) is 5.73 Å². The molecular formula is C20H29FN2O. The van der Waals surface area contributed by atoms with Gasteiger partial charge < -0.3 is 10.6 Å². The first-order valence-corrected chi connectivity index (χ1v) is 9.32. The molecule has 0 spiro atoms. The third-order valence-electron chi connectivity index (χ3n) is 5.95. The summed E-state index contributed by atoms with van der Waals surface area (Å²) in [7, 11) is 0. The van der Waals surface area contributed by atoms with E-state index in [2.05, 4.69) is 0 Å². The third-order valence-corrected chi connectivity index (χ3v) is 5.95. The third kappa shape index (κ3) is 4.15. The van der Waals surface area contributed by atoms with Crippen molar-refractivity contribution in [2.45, 2.75) is 51.4 Å². The Morgan fingerprint density at radius 1 is 1.21 bits per heavy atom. The first kappa shape index (κ1) is 17.4. The fourth-order valence-electron chi connectivity index (χ4n) is 4.37. The normalized spacial score (nSPS) is 23.4. The van der Waals surface area contributed by atoms with E-state index in [9.17, 15) is 9.18 Å². The lowest BCUT2D eigenvalue weighted by Crippen LogP contribution is -2.40. The molecule has 1 amide bonds. The predicted molar refractivity (Wildman–Crippen MR) is 94.0 cm³/mol. The second-order valence-electron chi connectivity index (χ2n) is 7.77. The molecular weight excluding hydrogens is 303 g/mol. The Morgan fingerprint density at radius 3 is 2.58 bits per heavy atom. The van der Waals surface area contributed by atoms with Gasteiger partial charge >= 0.3 is 0 Å². The summed E-state index contributed by atoms with van der Waals surface area (Å²) in [5, 5.41) is 0. The smallest absolute Gasteiger partial charge is 0.223 e. The van der Waals surface area contributed by atoms with Gasteiger partial charge in [0.2, 0.25) is 5.91 Å². The van der Waals surface area contributed by atoms with E-state index in [1.165, 1.54) is 31.4 Å². The second-order valence-corrected chi connectivity index (χ2v) is 7.77. The monoisotopic (exact) mass is 332 g/mol. The quantitative estimate of drug-likeness (QED) is 0.897. The summed E-state index contributed by atoms with van der Waals surface area (Å²) in [5.41, 5.74) is 7.23. The molecule has 0 aromatic heterocycles. The summed E-state index contributed by atoms with van der Waals surface area (Å²) in [6.45, 7) is 2.31. The van der Waals surface area contributed by atoms with Crippen molar-refractivity contribution >= 4 is 5.91 Å². The molecule has 1 saturated carbocycles. The summed E-state index contributed by atoms with van der Waals surface area (Å²) < 4.78 is 13.0. The summed E-state index contributed by atoms with van der Waals surface area (Å²) in [4.78, 5) is 14.8. The molecule has 1 unspecified atom stereocenters. The van der Waals surface area contributed by atoms with Gasteiger partial charge in [0.05, 0.1) is 0 Å². The fourth-order valence-corrected chi connectivity index (χ4v) is 4.37. The van der Waals surface area contributed by atoms with Crippen LogP contribution in [0.15, 0.2) is 24.3 Å². The Hall–Kier alpha value is -1.42. The van der Waals surface area contributed by atoms with Gasteiger partial charge in [-0.05, 0) is 61.3 Å². The average Bonchev–Trinajstić information content (AvgIpc) is 3.06. The standard InChI is InChI=1S/C20H29FN2O/c21-18-6-4-16(5-7-18)12-17-8-11-23(14-17)19(24)13-20(15-22)9-2-1-3-10-20/h4-7,17H,1-3,8-15,22H2. The maximum Gasteiger partial charge on any atom is 0.223 e. The lowest BCUT2D eigenvalue weighted by atomic mass is 9.71. The van der Waals surface area contributed by atoms with Crippen LogP contribution in [0.25, 0.3) is 0 Å². The number of hydrogen-bond acceptors (Lipinski definition) is 2. The van der Waals surface area contributed by atoms with Gasteiger partial charge in [-0.15, -0.1) is 0 Å². The molecule has 1 heterocycles. The molecule has 132 valence electrons. The van der Waals surface area contributed by atoms with Gasteiger partial charge in [0.15, 0.2) is 0 Å². The number of hydrogen-bond donors (Lipinski definition) is 1. The van der Waals surface area contributed by atoms with Crippen LogP contribution in [0.4, 0.5) is 4.39 Å². The highest BCUT2D eigenvalue weighted by Crippen LogP contribution is 2.39. The van der Waals surface area contributed by atoms with E-state index in [1.807, 2.05) is 17.0 Å². The Balaban J connectivity index is 1.52. The van der Waals surface area contributed by atoms with Gasteiger partial charge in [0.1, 0.15) is 5.82 Å². The zero-order chi connectivity index (χ0) is 17.0. The minimum atomic E-state index is -0.193. The van der Waals surface area contributed by atoms with E-state index in [-0.39, 0.29) is 17.1 Å². The van der Waals surface area contributed by atoms with Crippen molar-refractivity contribution in [2.24, 2.45) is 17.1 Å². The lowest BCUT2D eigenvalue weighted by Gasteiger charge is -2.36. The van der Waals surface area contributed by atoms with Gasteiger partial charge in [-0.2, -0.15) is 0 Å². The molecule has 0 radical (unpaired) electrons. The fraction of sp³-hybridized carbons (Fsp3) is 0.650. The van der Waals surface area contributed by atoms with E-state index >= 15 is 0 Å². The van der Waals surface area contributed by atoms with Crippen LogP contribution in [-0.4, -0.2) is 30.4 Å². The van der Waals surface area contributed by atoms with Crippen LogP contribution in [0.2, 0.25) is 0 Å². The Kier molecular flexibility index (Phi) is 5.54. The predicted octanol–water partition coefficient (Wildman–Crippen LogP) is 3.52. The summed E-state index contributed by atoms with van der Waals surface area (Å²) in [6, 6.07) is 6.74. The maximum atomic E-state index is 13.0. The van der Waals surface area contributed by atoms with Crippen molar-refractivity contribution in [3.63, 3.8) is 0 Å². The van der Waals surface area contributed by atoms with E-state index in [1.54, 1.807) is 0 Å². The van der Waals surface area contributed by atoms with Crippen LogP contribution in [-0.2, 0) is 11.2 Å². The molecule has 1 aliphatic carbocycles. The number of amides is 1. The molecule has 2 aliphatic rings. The first-order valence-electron chi connectivity index (χ1n) is 9.32. The van der Waals surface area contributed by atoms with Crippen LogP contribution < -0.4 is 5.73 Å². The number of likely N-dealkylation sites (tertiary alicyclic amines) is 1. The Bertz CT molecular complexity index is 551. The van der Waals surface area contributed by atoms with Crippen molar-refractivity contribution in [1.29, 1.82) is 0 Å². The molecule has 1 atom stereocenters. The number of nitrogens with zero attached hydrogens (tertiary/aromatic N) is 1. The van der Waals surface area contributed by atoms with Crippen molar-refractivity contribution in [2.75, 3.05) is 19.6 Å². The highest BCUT2D eigenvalue weighted by atomic mass is 19.1. The zero-order valence-corrected chi connectivity index (χ0v) is 14.5. The Labute approximate surface area is 144 Å². The first-order chi connectivity index (χ1) is 11.6. The molecule has 2 fully saturated rings. The van der Waals surface area contributed by atoms with E-state index < -0.39 is 0 Å². The van der Waals surface area contributed by atoms with Gasteiger partial charge in [-0.3, -0.25) is 4.79 Å². The SMILES string of the molecule is NCC1(CC(=O)N2CCC(Cc3ccc(F)cc3)C2)CCCCC1. The van der Waals surface area contributed by atoms with Crippen LogP contribution >= 0.6 is 0 Å². The minimum Gasteiger partial charge on any atom is -0.342 e. The molecule has 2 N–H and O–H groups in total. The lowest BCUT2D eigenvalue weighted by molar-refractivity contribution is -0.133. The van der Waals surface area contributed by atoms with Crippen molar-refractivity contribution in [1.82, 2.24) is 4.90 Å². The van der Waals surface area contributed by atoms with Crippen molar-refractivity contribution in [3.8, 4) is 0 Å². The van der Waals surface area contributed by atoms with Crippen LogP contribution in [0.1, 0.15) is 50.5 Å². The number of carbonyl (C=O) groups excluding carboxylic acids is 1. The molecule has 3 rings (SSSR count). The van der Waals surface area contributed by atoms with Crippen LogP contribution in [0.3, 0.4) is 0 Å².